The Hall–Kier alpha value is -1.90. The third kappa shape index (κ3) is 2.03. The van der Waals surface area contributed by atoms with Gasteiger partial charge in [-0.3, -0.25) is 4.98 Å². The summed E-state index contributed by atoms with van der Waals surface area (Å²) in [5.74, 6) is 0.626. The molecule has 3 nitrogen and oxygen atoms in total. The van der Waals surface area contributed by atoms with Crippen LogP contribution < -0.4 is 4.74 Å². The highest BCUT2D eigenvalue weighted by molar-refractivity contribution is 5.65. The molecule has 0 amide bonds. The molecule has 2 heterocycles. The van der Waals surface area contributed by atoms with Crippen molar-refractivity contribution in [2.75, 3.05) is 7.11 Å². The molecule has 0 fully saturated rings. The van der Waals surface area contributed by atoms with E-state index in [1.54, 1.807) is 13.3 Å². The summed E-state index contributed by atoms with van der Waals surface area (Å²) < 4.78 is 5.03. The normalized spacial score (nSPS) is 10.2. The van der Waals surface area contributed by atoms with E-state index < -0.39 is 0 Å². The van der Waals surface area contributed by atoms with Crippen molar-refractivity contribution in [1.82, 2.24) is 9.97 Å². The number of aryl methyl sites for hydroxylation is 2. The highest BCUT2D eigenvalue weighted by Crippen LogP contribution is 2.22. The number of pyridine rings is 2. The van der Waals surface area contributed by atoms with Gasteiger partial charge in [0.15, 0.2) is 0 Å². The number of methoxy groups -OCH3 is 1. The number of ether oxygens (including phenoxy) is 1. The summed E-state index contributed by atoms with van der Waals surface area (Å²) in [6.45, 7) is 4.00. The van der Waals surface area contributed by atoms with E-state index in [9.17, 15) is 0 Å². The summed E-state index contributed by atoms with van der Waals surface area (Å²) in [5.41, 5.74) is 4.22. The van der Waals surface area contributed by atoms with E-state index >= 15 is 0 Å². The molecule has 0 radical (unpaired) electrons. The van der Waals surface area contributed by atoms with Crippen molar-refractivity contribution in [2.24, 2.45) is 0 Å². The molecular weight excluding hydrogens is 200 g/mol. The minimum Gasteiger partial charge on any atom is -0.481 e. The standard InChI is InChI=1S/C13H14N2O/c1-9-4-6-12(10(2)15-9)11-5-7-13(16-3)14-8-11/h4-8H,1-3H3. The molecule has 0 unspecified atom stereocenters. The van der Waals surface area contributed by atoms with E-state index in [1.165, 1.54) is 0 Å². The third-order valence-corrected chi connectivity index (χ3v) is 2.48. The van der Waals surface area contributed by atoms with Gasteiger partial charge >= 0.3 is 0 Å². The van der Waals surface area contributed by atoms with Gasteiger partial charge < -0.3 is 4.74 Å². The molecule has 3 heteroatoms. The molecule has 2 rings (SSSR count). The fraction of sp³-hybridized carbons (Fsp3) is 0.231. The van der Waals surface area contributed by atoms with Crippen LogP contribution in [0.1, 0.15) is 11.4 Å². The van der Waals surface area contributed by atoms with E-state index in [0.717, 1.165) is 22.5 Å². The lowest BCUT2D eigenvalue weighted by Gasteiger charge is -2.06. The first-order valence-electron chi connectivity index (χ1n) is 5.15. The Morgan fingerprint density at radius 3 is 2.44 bits per heavy atom. The van der Waals surface area contributed by atoms with E-state index in [4.69, 9.17) is 4.74 Å². The van der Waals surface area contributed by atoms with Crippen molar-refractivity contribution < 1.29 is 4.74 Å². The molecule has 0 spiro atoms. The molecule has 16 heavy (non-hydrogen) atoms. The Kier molecular flexibility index (Phi) is 2.86. The zero-order valence-corrected chi connectivity index (χ0v) is 9.69. The summed E-state index contributed by atoms with van der Waals surface area (Å²) in [7, 11) is 1.61. The van der Waals surface area contributed by atoms with E-state index in [-0.39, 0.29) is 0 Å². The highest BCUT2D eigenvalue weighted by atomic mass is 16.5. The molecule has 0 bridgehead atoms. The van der Waals surface area contributed by atoms with E-state index in [2.05, 4.69) is 16.0 Å². The summed E-state index contributed by atoms with van der Waals surface area (Å²) in [4.78, 5) is 8.62. The second-order valence-corrected chi connectivity index (χ2v) is 3.67. The Morgan fingerprint density at radius 2 is 1.88 bits per heavy atom. The van der Waals surface area contributed by atoms with Gasteiger partial charge in [0.1, 0.15) is 0 Å². The number of rotatable bonds is 2. The number of hydrogen-bond donors (Lipinski definition) is 0. The van der Waals surface area contributed by atoms with Crippen molar-refractivity contribution in [1.29, 1.82) is 0 Å². The van der Waals surface area contributed by atoms with Crippen molar-refractivity contribution in [2.45, 2.75) is 13.8 Å². The summed E-state index contributed by atoms with van der Waals surface area (Å²) in [6, 6.07) is 7.92. The fourth-order valence-electron chi connectivity index (χ4n) is 1.65. The molecule has 82 valence electrons. The minimum atomic E-state index is 0.626. The molecular formula is C13H14N2O. The molecule has 0 N–H and O–H groups in total. The van der Waals surface area contributed by atoms with Gasteiger partial charge in [-0.2, -0.15) is 0 Å². The summed E-state index contributed by atoms with van der Waals surface area (Å²) in [6.07, 6.45) is 1.80. The average molecular weight is 214 g/mol. The molecule has 2 aromatic rings. The van der Waals surface area contributed by atoms with Gasteiger partial charge in [0, 0.05) is 34.8 Å². The largest absolute Gasteiger partial charge is 0.481 e. The third-order valence-electron chi connectivity index (χ3n) is 2.48. The van der Waals surface area contributed by atoms with Crippen LogP contribution in [0.5, 0.6) is 5.88 Å². The predicted octanol–water partition coefficient (Wildman–Crippen LogP) is 2.77. The van der Waals surface area contributed by atoms with Crippen LogP contribution in [0.3, 0.4) is 0 Å². The summed E-state index contributed by atoms with van der Waals surface area (Å²) in [5, 5.41) is 0. The zero-order chi connectivity index (χ0) is 11.5. The maximum atomic E-state index is 5.03. The SMILES string of the molecule is COc1ccc(-c2ccc(C)nc2C)cn1. The Balaban J connectivity index is 2.42. The van der Waals surface area contributed by atoms with Gasteiger partial charge in [-0.05, 0) is 26.0 Å². The van der Waals surface area contributed by atoms with E-state index in [1.807, 2.05) is 32.0 Å². The van der Waals surface area contributed by atoms with Crippen molar-refractivity contribution in [3.05, 3.63) is 41.9 Å². The van der Waals surface area contributed by atoms with Gasteiger partial charge in [0.2, 0.25) is 5.88 Å². The summed E-state index contributed by atoms with van der Waals surface area (Å²) >= 11 is 0. The molecule has 0 aromatic carbocycles. The minimum absolute atomic E-state index is 0.626. The molecule has 0 atom stereocenters. The van der Waals surface area contributed by atoms with Crippen LogP contribution in [-0.2, 0) is 0 Å². The van der Waals surface area contributed by atoms with Gasteiger partial charge in [0.25, 0.3) is 0 Å². The maximum Gasteiger partial charge on any atom is 0.212 e. The van der Waals surface area contributed by atoms with Gasteiger partial charge in [-0.15, -0.1) is 0 Å². The van der Waals surface area contributed by atoms with Gasteiger partial charge in [-0.1, -0.05) is 6.07 Å². The molecule has 0 aliphatic heterocycles. The first-order chi connectivity index (χ1) is 7.70. The lowest BCUT2D eigenvalue weighted by molar-refractivity contribution is 0.398. The van der Waals surface area contributed by atoms with Crippen LogP contribution in [0.25, 0.3) is 11.1 Å². The van der Waals surface area contributed by atoms with Crippen molar-refractivity contribution in [3.63, 3.8) is 0 Å². The first kappa shape index (κ1) is 10.6. The molecule has 0 saturated heterocycles. The van der Waals surface area contributed by atoms with Crippen LogP contribution in [0, 0.1) is 13.8 Å². The Bertz CT molecular complexity index is 492. The molecule has 0 aliphatic rings. The Morgan fingerprint density at radius 1 is 1.06 bits per heavy atom. The molecule has 2 aromatic heterocycles. The number of aromatic nitrogens is 2. The van der Waals surface area contributed by atoms with Crippen LogP contribution in [0.4, 0.5) is 0 Å². The lowest BCUT2D eigenvalue weighted by atomic mass is 10.1. The van der Waals surface area contributed by atoms with Crippen LogP contribution >= 0.6 is 0 Å². The molecule has 0 saturated carbocycles. The van der Waals surface area contributed by atoms with Crippen molar-refractivity contribution in [3.8, 4) is 17.0 Å². The quantitative estimate of drug-likeness (QED) is 0.771. The molecule has 0 aliphatic carbocycles. The van der Waals surface area contributed by atoms with Crippen LogP contribution in [-0.4, -0.2) is 17.1 Å². The fourth-order valence-corrected chi connectivity index (χ4v) is 1.65. The maximum absolute atomic E-state index is 5.03. The smallest absolute Gasteiger partial charge is 0.212 e. The second kappa shape index (κ2) is 4.31. The first-order valence-corrected chi connectivity index (χ1v) is 5.15. The van der Waals surface area contributed by atoms with Crippen LogP contribution in [0.15, 0.2) is 30.5 Å². The van der Waals surface area contributed by atoms with Crippen LogP contribution in [0.2, 0.25) is 0 Å². The van der Waals surface area contributed by atoms with Crippen molar-refractivity contribution >= 4 is 0 Å². The Labute approximate surface area is 95.1 Å². The monoisotopic (exact) mass is 214 g/mol. The lowest BCUT2D eigenvalue weighted by Crippen LogP contribution is -1.92. The number of nitrogens with zero attached hydrogens (tertiary/aromatic N) is 2. The average Bonchev–Trinajstić information content (AvgIpc) is 2.29. The number of hydrogen-bond acceptors (Lipinski definition) is 3. The van der Waals surface area contributed by atoms with E-state index in [0.29, 0.717) is 5.88 Å². The zero-order valence-electron chi connectivity index (χ0n) is 9.69. The predicted molar refractivity (Wildman–Crippen MR) is 63.5 cm³/mol. The highest BCUT2D eigenvalue weighted by Gasteiger charge is 2.03. The van der Waals surface area contributed by atoms with Gasteiger partial charge in [-0.25, -0.2) is 4.98 Å². The van der Waals surface area contributed by atoms with Gasteiger partial charge in [0.05, 0.1) is 7.11 Å². The second-order valence-electron chi connectivity index (χ2n) is 3.67. The topological polar surface area (TPSA) is 35.0 Å².